The molecule has 1 aliphatic heterocycles. The van der Waals surface area contributed by atoms with Crippen LogP contribution in [0.1, 0.15) is 12.8 Å². The van der Waals surface area contributed by atoms with Gasteiger partial charge >= 0.3 is 7.32 Å². The van der Waals surface area contributed by atoms with Gasteiger partial charge in [-0.2, -0.15) is 4.31 Å². The third-order valence-electron chi connectivity index (χ3n) is 2.75. The van der Waals surface area contributed by atoms with Crippen molar-refractivity contribution in [1.82, 2.24) is 4.31 Å². The molecule has 18 heavy (non-hydrogen) atoms. The topological polar surface area (TPSA) is 87.1 Å². The molecule has 8 heteroatoms. The predicted molar refractivity (Wildman–Crippen MR) is 65.3 cm³/mol. The van der Waals surface area contributed by atoms with Crippen molar-refractivity contribution in [2.24, 2.45) is 0 Å². The van der Waals surface area contributed by atoms with E-state index in [2.05, 4.69) is 4.65 Å². The Labute approximate surface area is 106 Å². The Morgan fingerprint density at radius 3 is 2.50 bits per heavy atom. The van der Waals surface area contributed by atoms with Gasteiger partial charge in [-0.3, -0.25) is 0 Å². The van der Waals surface area contributed by atoms with Crippen molar-refractivity contribution < 1.29 is 23.1 Å². The van der Waals surface area contributed by atoms with Crippen LogP contribution in [-0.2, 0) is 10.0 Å². The van der Waals surface area contributed by atoms with Crippen LogP contribution >= 0.6 is 0 Å². The molecule has 0 aliphatic carbocycles. The average Bonchev–Trinajstić information content (AvgIpc) is 2.82. The van der Waals surface area contributed by atoms with Gasteiger partial charge in [-0.1, -0.05) is 6.07 Å². The lowest BCUT2D eigenvalue weighted by Crippen LogP contribution is -2.28. The Morgan fingerprint density at radius 2 is 1.89 bits per heavy atom. The normalized spacial score (nSPS) is 16.8. The first-order valence-electron chi connectivity index (χ1n) is 5.63. The Bertz CT molecular complexity index is 513. The summed E-state index contributed by atoms with van der Waals surface area (Å²) in [5.41, 5.74) is 0. The van der Waals surface area contributed by atoms with Crippen LogP contribution in [-0.4, -0.2) is 43.2 Å². The number of hydrogen-bond donors (Lipinski definition) is 2. The van der Waals surface area contributed by atoms with Gasteiger partial charge in [-0.15, -0.1) is 0 Å². The molecular weight excluding hydrogens is 257 g/mol. The Morgan fingerprint density at radius 1 is 1.22 bits per heavy atom. The van der Waals surface area contributed by atoms with Crippen molar-refractivity contribution in [3.63, 3.8) is 0 Å². The fraction of sp³-hybridized carbons (Fsp3) is 0.400. The highest BCUT2D eigenvalue weighted by Gasteiger charge is 2.27. The third-order valence-corrected chi connectivity index (χ3v) is 4.64. The molecule has 6 nitrogen and oxygen atoms in total. The molecule has 0 amide bonds. The number of sulfonamides is 1. The van der Waals surface area contributed by atoms with Crippen LogP contribution < -0.4 is 4.65 Å². The molecule has 0 spiro atoms. The zero-order chi connectivity index (χ0) is 13.2. The minimum absolute atomic E-state index is 0.0996. The van der Waals surface area contributed by atoms with E-state index in [0.29, 0.717) is 13.1 Å². The molecule has 1 aliphatic rings. The molecule has 0 bridgehead atoms. The predicted octanol–water partition coefficient (Wildman–Crippen LogP) is -0.181. The van der Waals surface area contributed by atoms with Crippen LogP contribution in [0.4, 0.5) is 0 Å². The lowest BCUT2D eigenvalue weighted by atomic mass is 10.2. The highest BCUT2D eigenvalue weighted by Crippen LogP contribution is 2.23. The van der Waals surface area contributed by atoms with Gasteiger partial charge in [0, 0.05) is 13.1 Å². The van der Waals surface area contributed by atoms with Gasteiger partial charge in [0.05, 0.1) is 4.90 Å². The fourth-order valence-corrected chi connectivity index (χ4v) is 3.46. The van der Waals surface area contributed by atoms with Gasteiger partial charge in [0.25, 0.3) is 0 Å². The zero-order valence-corrected chi connectivity index (χ0v) is 10.5. The molecule has 0 aromatic heterocycles. The van der Waals surface area contributed by atoms with Crippen molar-refractivity contribution in [3.8, 4) is 5.75 Å². The average molecular weight is 271 g/mol. The number of nitrogens with zero attached hydrogens (tertiary/aromatic N) is 1. The maximum atomic E-state index is 12.2. The molecule has 1 heterocycles. The maximum Gasteiger partial charge on any atom is 0.707 e. The van der Waals surface area contributed by atoms with Gasteiger partial charge in [0.1, 0.15) is 5.75 Å². The summed E-state index contributed by atoms with van der Waals surface area (Å²) in [5.74, 6) is 0.102. The molecule has 98 valence electrons. The van der Waals surface area contributed by atoms with Crippen LogP contribution in [0.3, 0.4) is 0 Å². The standard InChI is InChI=1S/C10H14BNO5S/c13-11(14)17-9-4-3-5-10(8-9)18(15,16)12-6-1-2-7-12/h3-5,8,13-14H,1-2,6-7H2. The number of benzene rings is 1. The summed E-state index contributed by atoms with van der Waals surface area (Å²) in [7, 11) is -5.47. The minimum Gasteiger partial charge on any atom is -0.512 e. The van der Waals surface area contributed by atoms with E-state index in [9.17, 15) is 8.42 Å². The monoisotopic (exact) mass is 271 g/mol. The second-order valence-electron chi connectivity index (χ2n) is 4.03. The van der Waals surface area contributed by atoms with Gasteiger partial charge in [0.15, 0.2) is 0 Å². The highest BCUT2D eigenvalue weighted by molar-refractivity contribution is 7.89. The van der Waals surface area contributed by atoms with E-state index < -0.39 is 17.3 Å². The van der Waals surface area contributed by atoms with E-state index in [1.54, 1.807) is 0 Å². The van der Waals surface area contributed by atoms with Crippen LogP contribution in [0.5, 0.6) is 5.75 Å². The van der Waals surface area contributed by atoms with E-state index in [-0.39, 0.29) is 10.6 Å². The third kappa shape index (κ3) is 2.84. The lowest BCUT2D eigenvalue weighted by Gasteiger charge is -2.16. The smallest absolute Gasteiger partial charge is 0.512 e. The highest BCUT2D eigenvalue weighted by atomic mass is 32.2. The molecule has 1 saturated heterocycles. The molecular formula is C10H14BNO5S. The van der Waals surface area contributed by atoms with Gasteiger partial charge < -0.3 is 14.7 Å². The summed E-state index contributed by atoms with van der Waals surface area (Å²) in [5, 5.41) is 17.4. The summed E-state index contributed by atoms with van der Waals surface area (Å²) in [6, 6.07) is 5.71. The van der Waals surface area contributed by atoms with Crippen molar-refractivity contribution in [3.05, 3.63) is 24.3 Å². The fourth-order valence-electron chi connectivity index (χ4n) is 1.91. The molecule has 0 radical (unpaired) electrons. The SMILES string of the molecule is O=S(=O)(c1cccc(OB(O)O)c1)N1CCCC1. The van der Waals surface area contributed by atoms with Crippen LogP contribution in [0, 0.1) is 0 Å². The second kappa shape index (κ2) is 5.27. The summed E-state index contributed by atoms with van der Waals surface area (Å²) >= 11 is 0. The molecule has 2 rings (SSSR count). The molecule has 1 fully saturated rings. The molecule has 0 saturated carbocycles. The second-order valence-corrected chi connectivity index (χ2v) is 5.97. The summed E-state index contributed by atoms with van der Waals surface area (Å²) in [6.07, 6.45) is 1.73. The molecule has 1 aromatic carbocycles. The van der Waals surface area contributed by atoms with E-state index in [1.807, 2.05) is 0 Å². The number of hydrogen-bond acceptors (Lipinski definition) is 5. The maximum absolute atomic E-state index is 12.2. The minimum atomic E-state index is -3.51. The van der Waals surface area contributed by atoms with Gasteiger partial charge in [-0.25, -0.2) is 8.42 Å². The quantitative estimate of drug-likeness (QED) is 0.742. The first-order valence-corrected chi connectivity index (χ1v) is 7.07. The first-order chi connectivity index (χ1) is 8.50. The van der Waals surface area contributed by atoms with E-state index in [4.69, 9.17) is 10.0 Å². The van der Waals surface area contributed by atoms with E-state index >= 15 is 0 Å². The van der Waals surface area contributed by atoms with Crippen molar-refractivity contribution in [2.45, 2.75) is 17.7 Å². The van der Waals surface area contributed by atoms with Crippen molar-refractivity contribution >= 4 is 17.3 Å². The zero-order valence-electron chi connectivity index (χ0n) is 9.69. The summed E-state index contributed by atoms with van der Waals surface area (Å²) in [4.78, 5) is 0.0996. The van der Waals surface area contributed by atoms with E-state index in [0.717, 1.165) is 12.8 Å². The summed E-state index contributed by atoms with van der Waals surface area (Å²) < 4.78 is 30.5. The van der Waals surface area contributed by atoms with Crippen LogP contribution in [0.15, 0.2) is 29.2 Å². The van der Waals surface area contributed by atoms with Crippen molar-refractivity contribution in [2.75, 3.05) is 13.1 Å². The first kappa shape index (κ1) is 13.3. The molecule has 0 unspecified atom stereocenters. The van der Waals surface area contributed by atoms with Crippen LogP contribution in [0.2, 0.25) is 0 Å². The largest absolute Gasteiger partial charge is 0.707 e. The van der Waals surface area contributed by atoms with E-state index in [1.165, 1.54) is 28.6 Å². The summed E-state index contributed by atoms with van der Waals surface area (Å²) in [6.45, 7) is 1.05. The molecule has 0 atom stereocenters. The van der Waals surface area contributed by atoms with Crippen molar-refractivity contribution in [1.29, 1.82) is 0 Å². The van der Waals surface area contributed by atoms with Crippen LogP contribution in [0.25, 0.3) is 0 Å². The van der Waals surface area contributed by atoms with Gasteiger partial charge in [0.2, 0.25) is 10.0 Å². The number of rotatable bonds is 4. The lowest BCUT2D eigenvalue weighted by molar-refractivity contribution is 0.288. The Hall–Kier alpha value is -1.09. The Balaban J connectivity index is 2.27. The Kier molecular flexibility index (Phi) is 3.91. The van der Waals surface area contributed by atoms with Gasteiger partial charge in [-0.05, 0) is 31.0 Å². The molecule has 1 aromatic rings. The molecule has 2 N–H and O–H groups in total.